The Morgan fingerprint density at radius 1 is 1.15 bits per heavy atom. The van der Waals surface area contributed by atoms with Crippen molar-refractivity contribution in [2.45, 2.75) is 50.9 Å². The second-order valence-electron chi connectivity index (χ2n) is 8.53. The van der Waals surface area contributed by atoms with Gasteiger partial charge >= 0.3 is 5.97 Å². The van der Waals surface area contributed by atoms with E-state index in [1.54, 1.807) is 12.1 Å². The van der Waals surface area contributed by atoms with Gasteiger partial charge in [0.1, 0.15) is 6.61 Å². The molecule has 7 nitrogen and oxygen atoms in total. The molecular weight excluding hydrogens is 458 g/mol. The SMILES string of the molecule is C#CCOc1c(Cl)cc(C2C3=C(CCCC3=O)N(CCC(=O)O)C3=C2C(=O)CCC3)cc1OC. The Morgan fingerprint density at radius 3 is 2.29 bits per heavy atom. The van der Waals surface area contributed by atoms with Crippen LogP contribution in [-0.2, 0) is 14.4 Å². The largest absolute Gasteiger partial charge is 0.493 e. The second kappa shape index (κ2) is 9.94. The van der Waals surface area contributed by atoms with E-state index in [-0.39, 0.29) is 36.2 Å². The lowest BCUT2D eigenvalue weighted by atomic mass is 9.71. The summed E-state index contributed by atoms with van der Waals surface area (Å²) in [6.45, 7) is 0.238. The third-order valence-electron chi connectivity index (χ3n) is 6.52. The summed E-state index contributed by atoms with van der Waals surface area (Å²) in [5, 5.41) is 9.57. The number of nitrogens with zero attached hydrogens (tertiary/aromatic N) is 1. The Labute approximate surface area is 203 Å². The van der Waals surface area contributed by atoms with Crippen LogP contribution < -0.4 is 9.47 Å². The van der Waals surface area contributed by atoms with Crippen LogP contribution in [-0.4, -0.2) is 47.8 Å². The quantitative estimate of drug-likeness (QED) is 0.579. The summed E-state index contributed by atoms with van der Waals surface area (Å²) >= 11 is 6.55. The smallest absolute Gasteiger partial charge is 0.305 e. The predicted molar refractivity (Wildman–Crippen MR) is 126 cm³/mol. The van der Waals surface area contributed by atoms with Gasteiger partial charge in [0.05, 0.1) is 18.6 Å². The van der Waals surface area contributed by atoms with E-state index >= 15 is 0 Å². The van der Waals surface area contributed by atoms with Crippen molar-refractivity contribution < 1.29 is 29.0 Å². The van der Waals surface area contributed by atoms with Gasteiger partial charge in [0.2, 0.25) is 0 Å². The van der Waals surface area contributed by atoms with Crippen LogP contribution in [0.3, 0.4) is 0 Å². The average Bonchev–Trinajstić information content (AvgIpc) is 2.81. The summed E-state index contributed by atoms with van der Waals surface area (Å²) in [5.74, 6) is 1.50. The molecule has 0 radical (unpaired) electrons. The fourth-order valence-electron chi connectivity index (χ4n) is 5.19. The summed E-state index contributed by atoms with van der Waals surface area (Å²) in [6, 6.07) is 3.45. The van der Waals surface area contributed by atoms with Gasteiger partial charge in [0.15, 0.2) is 23.1 Å². The van der Waals surface area contributed by atoms with Crippen LogP contribution in [0.15, 0.2) is 34.7 Å². The van der Waals surface area contributed by atoms with Crippen molar-refractivity contribution in [1.82, 2.24) is 4.90 Å². The molecule has 0 atom stereocenters. The van der Waals surface area contributed by atoms with Crippen molar-refractivity contribution >= 4 is 29.1 Å². The van der Waals surface area contributed by atoms with Crippen LogP contribution in [0, 0.1) is 12.3 Å². The zero-order valence-electron chi connectivity index (χ0n) is 19.0. The molecule has 0 saturated carbocycles. The van der Waals surface area contributed by atoms with Crippen molar-refractivity contribution in [3.63, 3.8) is 0 Å². The molecule has 34 heavy (non-hydrogen) atoms. The molecule has 2 aliphatic carbocycles. The average molecular weight is 484 g/mol. The normalized spacial score (nSPS) is 18.4. The number of carbonyl (C=O) groups excluding carboxylic acids is 2. The highest BCUT2D eigenvalue weighted by molar-refractivity contribution is 6.32. The van der Waals surface area contributed by atoms with Crippen molar-refractivity contribution in [2.24, 2.45) is 0 Å². The highest BCUT2D eigenvalue weighted by atomic mass is 35.5. The van der Waals surface area contributed by atoms with Gasteiger partial charge in [-0.3, -0.25) is 14.4 Å². The van der Waals surface area contributed by atoms with Gasteiger partial charge in [-0.25, -0.2) is 0 Å². The Bertz CT molecular complexity index is 1110. The molecule has 1 aliphatic heterocycles. The topological polar surface area (TPSA) is 93.1 Å². The molecule has 4 rings (SSSR count). The molecule has 0 spiro atoms. The van der Waals surface area contributed by atoms with Crippen LogP contribution in [0.25, 0.3) is 0 Å². The first-order valence-electron chi connectivity index (χ1n) is 11.3. The first-order valence-corrected chi connectivity index (χ1v) is 11.7. The number of rotatable bonds is 7. The number of carboxylic acid groups (broad SMARTS) is 1. The number of terminal acetylenes is 1. The minimum absolute atomic E-state index is 0.0129. The maximum atomic E-state index is 13.3. The number of allylic oxidation sites excluding steroid dienone is 4. The fourth-order valence-corrected chi connectivity index (χ4v) is 5.46. The molecule has 1 heterocycles. The van der Waals surface area contributed by atoms with E-state index < -0.39 is 11.9 Å². The molecule has 1 N–H and O–H groups in total. The molecular formula is C26H26ClNO6. The third kappa shape index (κ3) is 4.30. The first kappa shape index (κ1) is 23.9. The number of halogens is 1. The van der Waals surface area contributed by atoms with Crippen molar-refractivity contribution in [2.75, 3.05) is 20.3 Å². The number of ketones is 2. The molecule has 0 amide bonds. The van der Waals surface area contributed by atoms with E-state index in [1.165, 1.54) is 7.11 Å². The Kier molecular flexibility index (Phi) is 6.99. The van der Waals surface area contributed by atoms with E-state index in [1.807, 2.05) is 4.90 Å². The van der Waals surface area contributed by atoms with Gasteiger partial charge in [-0.1, -0.05) is 17.5 Å². The van der Waals surface area contributed by atoms with Crippen LogP contribution in [0.2, 0.25) is 5.02 Å². The zero-order valence-corrected chi connectivity index (χ0v) is 19.7. The standard InChI is InChI=1S/C26H26ClNO6/c1-3-12-34-26-16(27)13-15(14-21(26)33-2)23-24-17(6-4-8-19(24)29)28(11-10-22(31)32)18-7-5-9-20(30)25(18)23/h1,13-14,23H,4-12H2,2H3,(H,31,32). The highest BCUT2D eigenvalue weighted by Gasteiger charge is 2.43. The van der Waals surface area contributed by atoms with Crippen LogP contribution in [0.5, 0.6) is 11.5 Å². The lowest BCUT2D eigenvalue weighted by Gasteiger charge is -2.44. The van der Waals surface area contributed by atoms with Gasteiger partial charge in [0.25, 0.3) is 0 Å². The number of benzene rings is 1. The molecule has 0 bridgehead atoms. The number of carboxylic acids is 1. The van der Waals surface area contributed by atoms with Crippen molar-refractivity contribution in [1.29, 1.82) is 0 Å². The summed E-state index contributed by atoms with van der Waals surface area (Å²) < 4.78 is 11.1. The van der Waals surface area contributed by atoms with E-state index in [0.29, 0.717) is 66.7 Å². The molecule has 1 aromatic rings. The number of methoxy groups -OCH3 is 1. The number of aliphatic carboxylic acids is 1. The Balaban J connectivity index is 1.91. The van der Waals surface area contributed by atoms with E-state index in [4.69, 9.17) is 27.5 Å². The van der Waals surface area contributed by atoms with Crippen molar-refractivity contribution in [3.8, 4) is 23.8 Å². The Hall–Kier alpha value is -3.24. The van der Waals surface area contributed by atoms with Crippen LogP contribution in [0.1, 0.15) is 56.4 Å². The van der Waals surface area contributed by atoms with Gasteiger partial charge in [-0.15, -0.1) is 6.42 Å². The van der Waals surface area contributed by atoms with Gasteiger partial charge in [-0.2, -0.15) is 0 Å². The molecule has 0 saturated heterocycles. The van der Waals surface area contributed by atoms with E-state index in [0.717, 1.165) is 11.4 Å². The van der Waals surface area contributed by atoms with Crippen LogP contribution >= 0.6 is 11.6 Å². The molecule has 0 fully saturated rings. The number of hydrogen-bond donors (Lipinski definition) is 1. The summed E-state index contributed by atoms with van der Waals surface area (Å²) in [5.41, 5.74) is 3.41. The second-order valence-corrected chi connectivity index (χ2v) is 8.94. The number of ether oxygens (including phenoxy) is 2. The Morgan fingerprint density at radius 2 is 1.76 bits per heavy atom. The number of hydrogen-bond acceptors (Lipinski definition) is 6. The maximum Gasteiger partial charge on any atom is 0.305 e. The molecule has 3 aliphatic rings. The minimum Gasteiger partial charge on any atom is -0.493 e. The maximum absolute atomic E-state index is 13.3. The molecule has 8 heteroatoms. The molecule has 0 unspecified atom stereocenters. The lowest BCUT2D eigenvalue weighted by molar-refractivity contribution is -0.137. The number of carbonyl (C=O) groups is 3. The van der Waals surface area contributed by atoms with Crippen molar-refractivity contribution in [3.05, 3.63) is 45.3 Å². The molecule has 1 aromatic carbocycles. The monoisotopic (exact) mass is 483 g/mol. The lowest BCUT2D eigenvalue weighted by Crippen LogP contribution is -2.39. The van der Waals surface area contributed by atoms with E-state index in [9.17, 15) is 19.5 Å². The van der Waals surface area contributed by atoms with Gasteiger partial charge in [0, 0.05) is 47.8 Å². The predicted octanol–water partition coefficient (Wildman–Crippen LogP) is 4.25. The fraction of sp³-hybridized carbons (Fsp3) is 0.423. The highest BCUT2D eigenvalue weighted by Crippen LogP contribution is 2.51. The minimum atomic E-state index is -0.922. The molecule has 178 valence electrons. The van der Waals surface area contributed by atoms with Crippen LogP contribution in [0.4, 0.5) is 0 Å². The molecule has 0 aromatic heterocycles. The van der Waals surface area contributed by atoms with Gasteiger partial charge in [-0.05, 0) is 43.4 Å². The summed E-state index contributed by atoms with van der Waals surface area (Å²) in [4.78, 5) is 39.8. The summed E-state index contributed by atoms with van der Waals surface area (Å²) in [7, 11) is 1.49. The van der Waals surface area contributed by atoms with Gasteiger partial charge < -0.3 is 19.5 Å². The third-order valence-corrected chi connectivity index (χ3v) is 6.80. The first-order chi connectivity index (χ1) is 16.4. The van der Waals surface area contributed by atoms with E-state index in [2.05, 4.69) is 5.92 Å². The zero-order chi connectivity index (χ0) is 24.4. The summed E-state index contributed by atoms with van der Waals surface area (Å²) in [6.07, 6.45) is 8.67. The number of Topliss-reactive ketones (excluding diaryl/α,β-unsaturated/α-hetero) is 2.